The quantitative estimate of drug-likeness (QED) is 0.320. The number of hydrogen-bond donors (Lipinski definition) is 0. The van der Waals surface area contributed by atoms with Gasteiger partial charge in [-0.3, -0.25) is 14.4 Å². The number of hydrogen-bond acceptors (Lipinski definition) is 9. The summed E-state index contributed by atoms with van der Waals surface area (Å²) >= 11 is 5.07. The highest BCUT2D eigenvalue weighted by Gasteiger charge is 2.32. The van der Waals surface area contributed by atoms with E-state index in [1.54, 1.807) is 34.0 Å². The molecule has 0 atom stereocenters. The molecule has 166 valence electrons. The molecule has 1 fully saturated rings. The van der Waals surface area contributed by atoms with Crippen molar-refractivity contribution in [1.29, 1.82) is 0 Å². The largest absolute Gasteiger partial charge is 0.465 e. The highest BCUT2D eigenvalue weighted by molar-refractivity contribution is 7.26. The van der Waals surface area contributed by atoms with Gasteiger partial charge >= 0.3 is 11.9 Å². The van der Waals surface area contributed by atoms with E-state index in [0.29, 0.717) is 11.5 Å². The smallest absolute Gasteiger partial charge is 0.333 e. The second kappa shape index (κ2) is 10.2. The van der Waals surface area contributed by atoms with E-state index in [2.05, 4.69) is 18.2 Å². The second-order valence-corrected chi connectivity index (χ2v) is 9.88. The Morgan fingerprint density at radius 3 is 2.22 bits per heavy atom. The molecule has 0 saturated carbocycles. The molecule has 0 aromatic carbocycles. The molecule has 0 radical (unpaired) electrons. The van der Waals surface area contributed by atoms with Gasteiger partial charge in [0.15, 0.2) is 0 Å². The number of nitrogens with zero attached hydrogens (tertiary/aromatic N) is 1. The SMILES string of the molecule is O=C(CCC(=O)ON1C(=O)CCC1=O)OCCc1cc(-c2cccs2)sc1-c1cccs1. The fourth-order valence-electron chi connectivity index (χ4n) is 3.13. The van der Waals surface area contributed by atoms with Crippen molar-refractivity contribution in [3.8, 4) is 19.5 Å². The Labute approximate surface area is 196 Å². The van der Waals surface area contributed by atoms with Crippen LogP contribution in [0, 0.1) is 0 Å². The Balaban J connectivity index is 1.28. The average Bonchev–Trinajstić information content (AvgIpc) is 3.56. The Morgan fingerprint density at radius 1 is 0.906 bits per heavy atom. The van der Waals surface area contributed by atoms with Crippen LogP contribution in [0.4, 0.5) is 0 Å². The van der Waals surface area contributed by atoms with Crippen molar-refractivity contribution >= 4 is 57.8 Å². The first kappa shape index (κ1) is 22.4. The minimum Gasteiger partial charge on any atom is -0.465 e. The maximum Gasteiger partial charge on any atom is 0.333 e. The minimum atomic E-state index is -0.816. The summed E-state index contributed by atoms with van der Waals surface area (Å²) in [5, 5.41) is 4.55. The Kier molecular flexibility index (Phi) is 7.13. The average molecular weight is 490 g/mol. The van der Waals surface area contributed by atoms with Gasteiger partial charge in [-0.05, 0) is 34.5 Å². The number of esters is 1. The van der Waals surface area contributed by atoms with Crippen LogP contribution in [0.1, 0.15) is 31.2 Å². The Bertz CT molecular complexity index is 1100. The molecule has 0 spiro atoms. The van der Waals surface area contributed by atoms with Crippen LogP contribution in [-0.4, -0.2) is 35.4 Å². The third-order valence-corrected chi connectivity index (χ3v) is 7.98. The van der Waals surface area contributed by atoms with E-state index in [9.17, 15) is 19.2 Å². The van der Waals surface area contributed by atoms with E-state index in [1.807, 2.05) is 22.9 Å². The van der Waals surface area contributed by atoms with Gasteiger partial charge in [0, 0.05) is 38.8 Å². The lowest BCUT2D eigenvalue weighted by atomic mass is 10.1. The molecular formula is C22H19NO6S3. The molecular weight excluding hydrogens is 470 g/mol. The number of thiophene rings is 3. The van der Waals surface area contributed by atoms with Crippen LogP contribution < -0.4 is 0 Å². The Morgan fingerprint density at radius 2 is 1.56 bits per heavy atom. The van der Waals surface area contributed by atoms with Crippen LogP contribution in [0.25, 0.3) is 19.5 Å². The summed E-state index contributed by atoms with van der Waals surface area (Å²) in [5.41, 5.74) is 1.11. The normalized spacial score (nSPS) is 13.6. The predicted molar refractivity (Wildman–Crippen MR) is 122 cm³/mol. The van der Waals surface area contributed by atoms with E-state index in [-0.39, 0.29) is 32.3 Å². The molecule has 32 heavy (non-hydrogen) atoms. The first-order chi connectivity index (χ1) is 15.5. The molecule has 10 heteroatoms. The van der Waals surface area contributed by atoms with Crippen molar-refractivity contribution in [2.45, 2.75) is 32.1 Å². The van der Waals surface area contributed by atoms with Crippen molar-refractivity contribution in [3.63, 3.8) is 0 Å². The third-order valence-electron chi connectivity index (χ3n) is 4.68. The van der Waals surface area contributed by atoms with Gasteiger partial charge in [-0.2, -0.15) is 0 Å². The van der Waals surface area contributed by atoms with Crippen LogP contribution in [0.2, 0.25) is 0 Å². The number of imide groups is 1. The zero-order valence-corrected chi connectivity index (χ0v) is 19.4. The van der Waals surface area contributed by atoms with Crippen molar-refractivity contribution in [3.05, 3.63) is 46.7 Å². The fraction of sp³-hybridized carbons (Fsp3) is 0.273. The van der Waals surface area contributed by atoms with Crippen LogP contribution in [-0.2, 0) is 35.2 Å². The van der Waals surface area contributed by atoms with E-state index >= 15 is 0 Å². The fourth-order valence-corrected chi connectivity index (χ4v) is 6.05. The lowest BCUT2D eigenvalue weighted by Gasteiger charge is -2.12. The summed E-state index contributed by atoms with van der Waals surface area (Å²) < 4.78 is 5.30. The summed E-state index contributed by atoms with van der Waals surface area (Å²) in [7, 11) is 0. The highest BCUT2D eigenvalue weighted by atomic mass is 32.1. The number of amides is 2. The molecule has 0 bridgehead atoms. The molecule has 7 nitrogen and oxygen atoms in total. The molecule has 4 heterocycles. The second-order valence-electron chi connectivity index (χ2n) is 6.94. The lowest BCUT2D eigenvalue weighted by molar-refractivity contribution is -0.197. The summed E-state index contributed by atoms with van der Waals surface area (Å²) in [6, 6.07) is 10.3. The van der Waals surface area contributed by atoms with E-state index in [0.717, 1.165) is 5.56 Å². The van der Waals surface area contributed by atoms with Crippen LogP contribution in [0.15, 0.2) is 41.1 Å². The molecule has 3 aromatic heterocycles. The van der Waals surface area contributed by atoms with Crippen LogP contribution in [0.5, 0.6) is 0 Å². The first-order valence-corrected chi connectivity index (χ1v) is 12.5. The van der Waals surface area contributed by atoms with E-state index in [1.165, 1.54) is 19.5 Å². The zero-order chi connectivity index (χ0) is 22.5. The first-order valence-electron chi connectivity index (χ1n) is 9.94. The van der Waals surface area contributed by atoms with E-state index in [4.69, 9.17) is 9.57 Å². The highest BCUT2D eigenvalue weighted by Crippen LogP contribution is 2.41. The summed E-state index contributed by atoms with van der Waals surface area (Å²) in [4.78, 5) is 56.2. The topological polar surface area (TPSA) is 90.0 Å². The third kappa shape index (κ3) is 5.32. The van der Waals surface area contributed by atoms with Crippen molar-refractivity contribution in [2.24, 2.45) is 0 Å². The summed E-state index contributed by atoms with van der Waals surface area (Å²) in [6.07, 6.45) is 0.160. The maximum atomic E-state index is 12.0. The number of carbonyl (C=O) groups is 4. The van der Waals surface area contributed by atoms with Crippen molar-refractivity contribution in [2.75, 3.05) is 6.61 Å². The molecule has 1 saturated heterocycles. The zero-order valence-electron chi connectivity index (χ0n) is 16.9. The standard InChI is InChI=1S/C22H19NO6S3/c24-18-5-6-19(25)23(18)29-21(27)8-7-20(26)28-10-9-14-13-17(15-3-1-11-30-15)32-22(14)16-4-2-12-31-16/h1-4,11-13H,5-10H2. The number of rotatable bonds is 9. The predicted octanol–water partition coefficient (Wildman–Crippen LogP) is 4.68. The van der Waals surface area contributed by atoms with Crippen LogP contribution in [0.3, 0.4) is 0 Å². The molecule has 4 rings (SSSR count). The molecule has 1 aliphatic heterocycles. The van der Waals surface area contributed by atoms with Gasteiger partial charge in [-0.25, -0.2) is 4.79 Å². The maximum absolute atomic E-state index is 12.0. The van der Waals surface area contributed by atoms with Gasteiger partial charge in [0.05, 0.1) is 19.4 Å². The molecule has 1 aliphatic rings. The van der Waals surface area contributed by atoms with Gasteiger partial charge in [-0.1, -0.05) is 12.1 Å². The van der Waals surface area contributed by atoms with E-state index < -0.39 is 23.8 Å². The van der Waals surface area contributed by atoms with Crippen molar-refractivity contribution in [1.82, 2.24) is 5.06 Å². The van der Waals surface area contributed by atoms with Gasteiger partial charge in [0.1, 0.15) is 0 Å². The number of hydroxylamine groups is 2. The monoisotopic (exact) mass is 489 g/mol. The Hall–Kier alpha value is -2.82. The minimum absolute atomic E-state index is 0.0262. The van der Waals surface area contributed by atoms with Gasteiger partial charge in [0.25, 0.3) is 11.8 Å². The van der Waals surface area contributed by atoms with Crippen LogP contribution >= 0.6 is 34.0 Å². The van der Waals surface area contributed by atoms with Gasteiger partial charge in [0.2, 0.25) is 0 Å². The molecule has 2 amide bonds. The number of carbonyl (C=O) groups excluding carboxylic acids is 4. The summed E-state index contributed by atoms with van der Waals surface area (Å²) in [5.74, 6) is -2.45. The van der Waals surface area contributed by atoms with Gasteiger partial charge < -0.3 is 9.57 Å². The molecule has 3 aromatic rings. The van der Waals surface area contributed by atoms with Gasteiger partial charge in [-0.15, -0.1) is 39.1 Å². The number of ether oxygens (including phenoxy) is 1. The molecule has 0 aliphatic carbocycles. The summed E-state index contributed by atoms with van der Waals surface area (Å²) in [6.45, 7) is 0.190. The van der Waals surface area contributed by atoms with Crippen molar-refractivity contribution < 1.29 is 28.8 Å². The molecule has 0 unspecified atom stereocenters. The molecule has 0 N–H and O–H groups in total. The lowest BCUT2D eigenvalue weighted by Crippen LogP contribution is -2.32.